The number of carboxylic acid groups (broad SMARTS) is 1. The van der Waals surface area contributed by atoms with Crippen molar-refractivity contribution < 1.29 is 14.7 Å². The van der Waals surface area contributed by atoms with E-state index < -0.39 is 5.97 Å². The summed E-state index contributed by atoms with van der Waals surface area (Å²) in [4.78, 5) is 23.6. The fraction of sp³-hybridized carbons (Fsp3) is 0.500. The van der Waals surface area contributed by atoms with Gasteiger partial charge in [0.25, 0.3) is 0 Å². The van der Waals surface area contributed by atoms with E-state index in [1.807, 2.05) is 17.5 Å². The highest BCUT2D eigenvalue weighted by atomic mass is 32.1. The Labute approximate surface area is 98.1 Å². The minimum atomic E-state index is -0.720. The number of carbonyl (C=O) groups excluding carboxylic acids is 1. The molecule has 0 radical (unpaired) electrons. The van der Waals surface area contributed by atoms with Gasteiger partial charge in [0.2, 0.25) is 0 Å². The number of hydrogen-bond donors (Lipinski definition) is 1. The maximum atomic E-state index is 12.0. The van der Waals surface area contributed by atoms with E-state index in [2.05, 4.69) is 0 Å². The molecule has 1 saturated carbocycles. The second-order valence-electron chi connectivity index (χ2n) is 4.23. The van der Waals surface area contributed by atoms with Gasteiger partial charge in [0, 0.05) is 5.92 Å². The van der Waals surface area contributed by atoms with Crippen LogP contribution in [-0.4, -0.2) is 16.9 Å². The first-order valence-corrected chi connectivity index (χ1v) is 6.37. The molecule has 1 N–H and O–H groups in total. The summed E-state index contributed by atoms with van der Waals surface area (Å²) < 4.78 is 0. The number of Topliss-reactive ketones (excluding diaryl/α,β-unsaturated/α-hetero) is 1. The molecule has 1 aliphatic carbocycles. The quantitative estimate of drug-likeness (QED) is 0.824. The summed E-state index contributed by atoms with van der Waals surface area (Å²) in [5, 5.41) is 10.8. The standard InChI is InChI=1S/C12H14O3S/c13-11(10-2-1-7-16-10)8-3-5-9(6-4-8)12(14)15/h1-2,7-9H,3-6H2,(H,14,15). The number of hydrogen-bond acceptors (Lipinski definition) is 3. The largest absolute Gasteiger partial charge is 0.481 e. The summed E-state index contributed by atoms with van der Waals surface area (Å²) in [7, 11) is 0. The average molecular weight is 238 g/mol. The van der Waals surface area contributed by atoms with Crippen LogP contribution in [0.2, 0.25) is 0 Å². The van der Waals surface area contributed by atoms with Crippen LogP contribution < -0.4 is 0 Å². The molecular weight excluding hydrogens is 224 g/mol. The smallest absolute Gasteiger partial charge is 0.306 e. The Hall–Kier alpha value is -1.16. The number of ketones is 1. The van der Waals surface area contributed by atoms with E-state index in [0.29, 0.717) is 25.7 Å². The van der Waals surface area contributed by atoms with Gasteiger partial charge in [-0.05, 0) is 37.1 Å². The van der Waals surface area contributed by atoms with E-state index in [1.165, 1.54) is 11.3 Å². The Morgan fingerprint density at radius 1 is 1.19 bits per heavy atom. The molecule has 1 heterocycles. The Kier molecular flexibility index (Phi) is 3.39. The molecular formula is C12H14O3S. The number of carbonyl (C=O) groups is 2. The Morgan fingerprint density at radius 2 is 1.81 bits per heavy atom. The maximum absolute atomic E-state index is 12.0. The van der Waals surface area contributed by atoms with Gasteiger partial charge < -0.3 is 5.11 Å². The summed E-state index contributed by atoms with van der Waals surface area (Å²) in [5.41, 5.74) is 0. The van der Waals surface area contributed by atoms with Crippen LogP contribution in [0, 0.1) is 11.8 Å². The summed E-state index contributed by atoms with van der Waals surface area (Å²) >= 11 is 1.47. The Balaban J connectivity index is 1.94. The molecule has 0 unspecified atom stereocenters. The second-order valence-corrected chi connectivity index (χ2v) is 5.18. The summed E-state index contributed by atoms with van der Waals surface area (Å²) in [6, 6.07) is 3.72. The van der Waals surface area contributed by atoms with Gasteiger partial charge in [-0.1, -0.05) is 6.07 Å². The molecule has 0 spiro atoms. The molecule has 1 aromatic rings. The van der Waals surface area contributed by atoms with Crippen molar-refractivity contribution in [2.75, 3.05) is 0 Å². The van der Waals surface area contributed by atoms with Gasteiger partial charge in [-0.15, -0.1) is 11.3 Å². The number of rotatable bonds is 3. The molecule has 1 aliphatic rings. The molecule has 86 valence electrons. The van der Waals surface area contributed by atoms with Crippen LogP contribution in [0.25, 0.3) is 0 Å². The van der Waals surface area contributed by atoms with Gasteiger partial charge in [-0.3, -0.25) is 9.59 Å². The van der Waals surface area contributed by atoms with E-state index >= 15 is 0 Å². The molecule has 4 heteroatoms. The van der Waals surface area contributed by atoms with E-state index in [4.69, 9.17) is 5.11 Å². The molecule has 0 aliphatic heterocycles. The van der Waals surface area contributed by atoms with Gasteiger partial charge in [-0.25, -0.2) is 0 Å². The highest BCUT2D eigenvalue weighted by Gasteiger charge is 2.30. The SMILES string of the molecule is O=C(O)C1CCC(C(=O)c2cccs2)CC1. The lowest BCUT2D eigenvalue weighted by atomic mass is 9.80. The van der Waals surface area contributed by atoms with Crippen LogP contribution >= 0.6 is 11.3 Å². The lowest BCUT2D eigenvalue weighted by Gasteiger charge is -2.24. The predicted molar refractivity (Wildman–Crippen MR) is 61.7 cm³/mol. The van der Waals surface area contributed by atoms with Crippen molar-refractivity contribution >= 4 is 23.1 Å². The molecule has 0 aromatic carbocycles. The van der Waals surface area contributed by atoms with Crippen LogP contribution in [-0.2, 0) is 4.79 Å². The maximum Gasteiger partial charge on any atom is 0.306 e. The summed E-state index contributed by atoms with van der Waals surface area (Å²) in [6.45, 7) is 0. The van der Waals surface area contributed by atoms with Crippen LogP contribution in [0.15, 0.2) is 17.5 Å². The van der Waals surface area contributed by atoms with E-state index in [0.717, 1.165) is 4.88 Å². The fourth-order valence-electron chi connectivity index (χ4n) is 2.22. The average Bonchev–Trinajstić information content (AvgIpc) is 2.81. The zero-order chi connectivity index (χ0) is 11.5. The highest BCUT2D eigenvalue weighted by Crippen LogP contribution is 2.31. The minimum Gasteiger partial charge on any atom is -0.481 e. The van der Waals surface area contributed by atoms with Crippen LogP contribution in [0.4, 0.5) is 0 Å². The first-order chi connectivity index (χ1) is 7.68. The molecule has 0 saturated heterocycles. The number of aliphatic carboxylic acids is 1. The fourth-order valence-corrected chi connectivity index (χ4v) is 2.97. The van der Waals surface area contributed by atoms with Gasteiger partial charge in [0.05, 0.1) is 10.8 Å². The van der Waals surface area contributed by atoms with Gasteiger partial charge >= 0.3 is 5.97 Å². The van der Waals surface area contributed by atoms with Gasteiger partial charge in [0.1, 0.15) is 0 Å². The van der Waals surface area contributed by atoms with E-state index in [9.17, 15) is 9.59 Å². The van der Waals surface area contributed by atoms with Crippen molar-refractivity contribution in [3.05, 3.63) is 22.4 Å². The first-order valence-electron chi connectivity index (χ1n) is 5.49. The Morgan fingerprint density at radius 3 is 2.31 bits per heavy atom. The lowest BCUT2D eigenvalue weighted by Crippen LogP contribution is -2.25. The molecule has 1 aromatic heterocycles. The number of carboxylic acids is 1. The molecule has 1 fully saturated rings. The van der Waals surface area contributed by atoms with Crippen molar-refractivity contribution in [2.24, 2.45) is 11.8 Å². The summed E-state index contributed by atoms with van der Waals surface area (Å²) in [5.74, 6) is -0.734. The van der Waals surface area contributed by atoms with Crippen LogP contribution in [0.1, 0.15) is 35.4 Å². The monoisotopic (exact) mass is 238 g/mol. The van der Waals surface area contributed by atoms with Crippen LogP contribution in [0.5, 0.6) is 0 Å². The lowest BCUT2D eigenvalue weighted by molar-refractivity contribution is -0.143. The minimum absolute atomic E-state index is 0.0363. The molecule has 3 nitrogen and oxygen atoms in total. The second kappa shape index (κ2) is 4.78. The zero-order valence-corrected chi connectivity index (χ0v) is 9.70. The highest BCUT2D eigenvalue weighted by molar-refractivity contribution is 7.12. The molecule has 16 heavy (non-hydrogen) atoms. The van der Waals surface area contributed by atoms with Crippen molar-refractivity contribution in [1.82, 2.24) is 0 Å². The van der Waals surface area contributed by atoms with E-state index in [-0.39, 0.29) is 17.6 Å². The van der Waals surface area contributed by atoms with Crippen molar-refractivity contribution in [1.29, 1.82) is 0 Å². The third kappa shape index (κ3) is 2.32. The molecule has 0 atom stereocenters. The first kappa shape index (κ1) is 11.3. The van der Waals surface area contributed by atoms with Crippen molar-refractivity contribution in [3.8, 4) is 0 Å². The normalized spacial score (nSPS) is 25.2. The van der Waals surface area contributed by atoms with Gasteiger partial charge in [-0.2, -0.15) is 0 Å². The topological polar surface area (TPSA) is 54.4 Å². The van der Waals surface area contributed by atoms with E-state index in [1.54, 1.807) is 0 Å². The number of thiophene rings is 1. The van der Waals surface area contributed by atoms with Crippen molar-refractivity contribution in [2.45, 2.75) is 25.7 Å². The van der Waals surface area contributed by atoms with Crippen molar-refractivity contribution in [3.63, 3.8) is 0 Å². The van der Waals surface area contributed by atoms with Gasteiger partial charge in [0.15, 0.2) is 5.78 Å². The molecule has 2 rings (SSSR count). The zero-order valence-electron chi connectivity index (χ0n) is 8.89. The van der Waals surface area contributed by atoms with Crippen LogP contribution in [0.3, 0.4) is 0 Å². The Bertz CT molecular complexity index is 375. The summed E-state index contributed by atoms with van der Waals surface area (Å²) in [6.07, 6.45) is 2.70. The third-order valence-corrected chi connectivity index (χ3v) is 4.10. The predicted octanol–water partition coefficient (Wildman–Crippen LogP) is 2.82. The third-order valence-electron chi connectivity index (χ3n) is 3.21. The molecule has 0 amide bonds. The molecule has 0 bridgehead atoms.